The van der Waals surface area contributed by atoms with Crippen LogP contribution in [0.4, 0.5) is 5.69 Å². The summed E-state index contributed by atoms with van der Waals surface area (Å²) in [6.07, 6.45) is 0.635. The van der Waals surface area contributed by atoms with Gasteiger partial charge in [0.05, 0.1) is 16.3 Å². The fourth-order valence-electron chi connectivity index (χ4n) is 2.28. The number of carbonyl (C=O) groups is 1. The van der Waals surface area contributed by atoms with Crippen molar-refractivity contribution in [3.05, 3.63) is 54.1 Å². The van der Waals surface area contributed by atoms with E-state index >= 15 is 0 Å². The third kappa shape index (κ3) is 3.93. The summed E-state index contributed by atoms with van der Waals surface area (Å²) in [7, 11) is -3.55. The maximum absolute atomic E-state index is 12.4. The van der Waals surface area contributed by atoms with E-state index in [1.165, 1.54) is 17.8 Å². The zero-order chi connectivity index (χ0) is 16.3. The van der Waals surface area contributed by atoms with Crippen molar-refractivity contribution < 1.29 is 13.2 Å². The van der Waals surface area contributed by atoms with Crippen molar-refractivity contribution in [2.24, 2.45) is 0 Å². The van der Waals surface area contributed by atoms with Crippen LogP contribution in [0.3, 0.4) is 0 Å². The van der Waals surface area contributed by atoms with E-state index < -0.39 is 10.0 Å². The SMILES string of the molecule is O=C1CSc2cc(S(=O)(=O)NCCc3ccccc3)ccc2N1. The molecular weight excluding hydrogens is 332 g/mol. The third-order valence-electron chi connectivity index (χ3n) is 3.44. The molecule has 5 nitrogen and oxygen atoms in total. The van der Waals surface area contributed by atoms with E-state index in [9.17, 15) is 13.2 Å². The Morgan fingerprint density at radius 2 is 1.91 bits per heavy atom. The highest BCUT2D eigenvalue weighted by molar-refractivity contribution is 8.00. The first-order chi connectivity index (χ1) is 11.0. The van der Waals surface area contributed by atoms with Gasteiger partial charge in [0.15, 0.2) is 0 Å². The smallest absolute Gasteiger partial charge is 0.240 e. The minimum atomic E-state index is -3.55. The van der Waals surface area contributed by atoms with E-state index in [1.54, 1.807) is 12.1 Å². The van der Waals surface area contributed by atoms with Gasteiger partial charge in [0.2, 0.25) is 15.9 Å². The number of fused-ring (bicyclic) bond motifs is 1. The molecule has 1 aliphatic rings. The Hall–Kier alpha value is -1.83. The van der Waals surface area contributed by atoms with Crippen LogP contribution in [-0.4, -0.2) is 26.6 Å². The minimum Gasteiger partial charge on any atom is -0.324 e. The van der Waals surface area contributed by atoms with Gasteiger partial charge in [0, 0.05) is 11.4 Å². The lowest BCUT2D eigenvalue weighted by atomic mass is 10.2. The highest BCUT2D eigenvalue weighted by Gasteiger charge is 2.20. The Morgan fingerprint density at radius 1 is 1.13 bits per heavy atom. The average molecular weight is 348 g/mol. The highest BCUT2D eigenvalue weighted by atomic mass is 32.2. The maximum Gasteiger partial charge on any atom is 0.240 e. The van der Waals surface area contributed by atoms with Crippen LogP contribution < -0.4 is 10.0 Å². The van der Waals surface area contributed by atoms with Crippen LogP contribution in [0, 0.1) is 0 Å². The van der Waals surface area contributed by atoms with Crippen LogP contribution in [0.25, 0.3) is 0 Å². The maximum atomic E-state index is 12.4. The monoisotopic (exact) mass is 348 g/mol. The molecule has 3 rings (SSSR count). The number of carbonyl (C=O) groups excluding carboxylic acids is 1. The summed E-state index contributed by atoms with van der Waals surface area (Å²) in [5, 5.41) is 2.73. The average Bonchev–Trinajstić information content (AvgIpc) is 2.55. The highest BCUT2D eigenvalue weighted by Crippen LogP contribution is 2.33. The first kappa shape index (κ1) is 16.0. The van der Waals surface area contributed by atoms with Gasteiger partial charge in [-0.3, -0.25) is 4.79 Å². The van der Waals surface area contributed by atoms with Crippen LogP contribution >= 0.6 is 11.8 Å². The molecule has 7 heteroatoms. The van der Waals surface area contributed by atoms with Crippen LogP contribution in [0.2, 0.25) is 0 Å². The van der Waals surface area contributed by atoms with Crippen LogP contribution in [-0.2, 0) is 21.2 Å². The van der Waals surface area contributed by atoms with E-state index in [4.69, 9.17) is 0 Å². The van der Waals surface area contributed by atoms with Crippen molar-refractivity contribution in [3.8, 4) is 0 Å². The van der Waals surface area contributed by atoms with Crippen molar-refractivity contribution in [1.82, 2.24) is 4.72 Å². The van der Waals surface area contributed by atoms with E-state index in [0.29, 0.717) is 24.4 Å². The molecule has 0 fully saturated rings. The van der Waals surface area contributed by atoms with Crippen molar-refractivity contribution in [2.75, 3.05) is 17.6 Å². The molecule has 2 aromatic rings. The second kappa shape index (κ2) is 6.74. The molecule has 0 aliphatic carbocycles. The van der Waals surface area contributed by atoms with Crippen LogP contribution in [0.5, 0.6) is 0 Å². The van der Waals surface area contributed by atoms with Gasteiger partial charge in [0.1, 0.15) is 0 Å². The number of hydrogen-bond acceptors (Lipinski definition) is 4. The predicted octanol–water partition coefficient (Wildman–Crippen LogP) is 2.25. The van der Waals surface area contributed by atoms with Crippen LogP contribution in [0.1, 0.15) is 5.56 Å². The summed E-state index contributed by atoms with van der Waals surface area (Å²) in [5.41, 5.74) is 1.74. The molecule has 0 aromatic heterocycles. The quantitative estimate of drug-likeness (QED) is 0.869. The van der Waals surface area contributed by atoms with E-state index in [2.05, 4.69) is 10.0 Å². The molecule has 1 aliphatic heterocycles. The second-order valence-corrected chi connectivity index (χ2v) is 7.91. The van der Waals surface area contributed by atoms with Crippen molar-refractivity contribution in [1.29, 1.82) is 0 Å². The van der Waals surface area contributed by atoms with Gasteiger partial charge in [-0.25, -0.2) is 13.1 Å². The number of anilines is 1. The molecule has 0 spiro atoms. The topological polar surface area (TPSA) is 75.3 Å². The molecule has 1 heterocycles. The summed E-state index contributed by atoms with van der Waals surface area (Å²) in [4.78, 5) is 12.3. The Morgan fingerprint density at radius 3 is 2.70 bits per heavy atom. The standard InChI is InChI=1S/C16H16N2O3S2/c19-16-11-22-15-10-13(6-7-14(15)18-16)23(20,21)17-9-8-12-4-2-1-3-5-12/h1-7,10,17H,8-9,11H2,(H,18,19). The van der Waals surface area contributed by atoms with Gasteiger partial charge in [-0.05, 0) is 30.2 Å². The molecule has 23 heavy (non-hydrogen) atoms. The first-order valence-electron chi connectivity index (χ1n) is 7.15. The lowest BCUT2D eigenvalue weighted by Gasteiger charge is -2.17. The molecule has 2 N–H and O–H groups in total. The van der Waals surface area contributed by atoms with Crippen LogP contribution in [0.15, 0.2) is 58.3 Å². The van der Waals surface area contributed by atoms with E-state index in [-0.39, 0.29) is 10.8 Å². The summed E-state index contributed by atoms with van der Waals surface area (Å²) in [5.74, 6) is 0.233. The lowest BCUT2D eigenvalue weighted by Crippen LogP contribution is -2.26. The molecular formula is C16H16N2O3S2. The van der Waals surface area contributed by atoms with Gasteiger partial charge in [-0.2, -0.15) is 0 Å². The van der Waals surface area contributed by atoms with E-state index in [1.807, 2.05) is 30.3 Å². The first-order valence-corrected chi connectivity index (χ1v) is 9.62. The van der Waals surface area contributed by atoms with Gasteiger partial charge in [-0.15, -0.1) is 11.8 Å². The van der Waals surface area contributed by atoms with Gasteiger partial charge in [0.25, 0.3) is 0 Å². The number of thioether (sulfide) groups is 1. The number of benzene rings is 2. The number of hydrogen-bond donors (Lipinski definition) is 2. The lowest BCUT2D eigenvalue weighted by molar-refractivity contribution is -0.113. The summed E-state index contributed by atoms with van der Waals surface area (Å²) in [6, 6.07) is 14.5. The summed E-state index contributed by atoms with van der Waals surface area (Å²) in [6.45, 7) is 0.341. The Labute approximate surface area is 139 Å². The zero-order valence-electron chi connectivity index (χ0n) is 12.3. The Balaban J connectivity index is 1.69. The summed E-state index contributed by atoms with van der Waals surface area (Å²) < 4.78 is 27.3. The molecule has 0 radical (unpaired) electrons. The van der Waals surface area contributed by atoms with Gasteiger partial charge >= 0.3 is 0 Å². The van der Waals surface area contributed by atoms with E-state index in [0.717, 1.165) is 10.5 Å². The third-order valence-corrected chi connectivity index (χ3v) is 5.96. The molecule has 2 aromatic carbocycles. The number of amides is 1. The van der Waals surface area contributed by atoms with Gasteiger partial charge in [-0.1, -0.05) is 30.3 Å². The van der Waals surface area contributed by atoms with Crippen molar-refractivity contribution in [3.63, 3.8) is 0 Å². The number of rotatable bonds is 5. The van der Waals surface area contributed by atoms with Crippen molar-refractivity contribution >= 4 is 33.4 Å². The molecule has 120 valence electrons. The molecule has 0 saturated carbocycles. The normalized spacial score (nSPS) is 14.2. The molecule has 0 bridgehead atoms. The summed E-state index contributed by atoms with van der Waals surface area (Å²) >= 11 is 1.34. The zero-order valence-corrected chi connectivity index (χ0v) is 13.9. The van der Waals surface area contributed by atoms with Gasteiger partial charge < -0.3 is 5.32 Å². The molecule has 0 saturated heterocycles. The largest absolute Gasteiger partial charge is 0.324 e. The fraction of sp³-hybridized carbons (Fsp3) is 0.188. The van der Waals surface area contributed by atoms with Crippen molar-refractivity contribution in [2.45, 2.75) is 16.2 Å². The Bertz CT molecular complexity index is 820. The Kier molecular flexibility index (Phi) is 4.70. The number of sulfonamides is 1. The molecule has 1 amide bonds. The predicted molar refractivity (Wildman–Crippen MR) is 91.1 cm³/mol. The number of nitrogens with one attached hydrogen (secondary N) is 2. The second-order valence-electron chi connectivity index (χ2n) is 5.13. The fourth-order valence-corrected chi connectivity index (χ4v) is 4.26. The minimum absolute atomic E-state index is 0.0703. The molecule has 0 atom stereocenters. The molecule has 0 unspecified atom stereocenters.